The van der Waals surface area contributed by atoms with Crippen LogP contribution in [0.5, 0.6) is 5.75 Å². The van der Waals surface area contributed by atoms with Gasteiger partial charge in [0.1, 0.15) is 11.5 Å². The summed E-state index contributed by atoms with van der Waals surface area (Å²) in [5, 5.41) is 16.8. The Labute approximate surface area is 110 Å². The number of para-hydroxylation sites is 1. The molecule has 0 saturated carbocycles. The van der Waals surface area contributed by atoms with Gasteiger partial charge in [-0.15, -0.1) is 0 Å². The quantitative estimate of drug-likeness (QED) is 0.838. The molecular formula is C16H10N2O. The Balaban J connectivity index is 1.94. The highest BCUT2D eigenvalue weighted by Gasteiger charge is 2.22. The van der Waals surface area contributed by atoms with Gasteiger partial charge in [0, 0.05) is 5.56 Å². The number of hydrogen-bond acceptors (Lipinski definition) is 3. The van der Waals surface area contributed by atoms with Crippen molar-refractivity contribution in [1.29, 1.82) is 10.7 Å². The number of hydrogen-bond donors (Lipinski definition) is 1. The molecule has 0 saturated heterocycles. The van der Waals surface area contributed by atoms with Crippen LogP contribution in [0.15, 0.2) is 54.3 Å². The van der Waals surface area contributed by atoms with Crippen LogP contribution in [0, 0.1) is 16.7 Å². The zero-order valence-corrected chi connectivity index (χ0v) is 10.1. The summed E-state index contributed by atoms with van der Waals surface area (Å²) in [6.07, 6.45) is 1.81. The first kappa shape index (κ1) is 11.2. The molecule has 0 bridgehead atoms. The van der Waals surface area contributed by atoms with E-state index in [2.05, 4.69) is 6.07 Å². The standard InChI is InChI=1S/C16H10N2O/c17-10-12-7-5-11(6-8-12)9-15-16(18)13-3-1-2-4-14(13)19-15/h1-9,18H/b15-9-,18-16?. The highest BCUT2D eigenvalue weighted by Crippen LogP contribution is 2.31. The molecule has 0 spiro atoms. The van der Waals surface area contributed by atoms with E-state index in [1.807, 2.05) is 42.5 Å². The van der Waals surface area contributed by atoms with Gasteiger partial charge in [-0.25, -0.2) is 0 Å². The van der Waals surface area contributed by atoms with Crippen molar-refractivity contribution >= 4 is 11.8 Å². The molecule has 0 radical (unpaired) electrons. The molecule has 0 amide bonds. The number of nitrogens with one attached hydrogen (secondary N) is 1. The van der Waals surface area contributed by atoms with Gasteiger partial charge in [0.2, 0.25) is 0 Å². The highest BCUT2D eigenvalue weighted by atomic mass is 16.5. The summed E-state index contributed by atoms with van der Waals surface area (Å²) in [5.41, 5.74) is 2.72. The van der Waals surface area contributed by atoms with Crippen molar-refractivity contribution in [3.63, 3.8) is 0 Å². The van der Waals surface area contributed by atoms with Crippen molar-refractivity contribution in [2.45, 2.75) is 0 Å². The lowest BCUT2D eigenvalue weighted by Crippen LogP contribution is -1.98. The lowest BCUT2D eigenvalue weighted by molar-refractivity contribution is 0.473. The third-order valence-electron chi connectivity index (χ3n) is 2.96. The summed E-state index contributed by atoms with van der Waals surface area (Å²) in [6.45, 7) is 0. The molecule has 3 nitrogen and oxygen atoms in total. The monoisotopic (exact) mass is 246 g/mol. The summed E-state index contributed by atoms with van der Waals surface area (Å²) in [6, 6.07) is 16.7. The zero-order valence-electron chi connectivity index (χ0n) is 10.1. The minimum Gasteiger partial charge on any atom is -0.454 e. The Hall–Kier alpha value is -2.86. The first-order chi connectivity index (χ1) is 9.28. The molecule has 1 aliphatic rings. The van der Waals surface area contributed by atoms with Crippen LogP contribution >= 0.6 is 0 Å². The first-order valence-corrected chi connectivity index (χ1v) is 5.86. The second-order valence-corrected chi connectivity index (χ2v) is 4.22. The lowest BCUT2D eigenvalue weighted by atomic mass is 10.1. The SMILES string of the molecule is N#Cc1ccc(/C=C2\Oc3ccccc3C2=N)cc1. The van der Waals surface area contributed by atoms with Gasteiger partial charge >= 0.3 is 0 Å². The van der Waals surface area contributed by atoms with Gasteiger partial charge in [0.25, 0.3) is 0 Å². The molecule has 3 rings (SSSR count). The van der Waals surface area contributed by atoms with E-state index in [1.165, 1.54) is 0 Å². The largest absolute Gasteiger partial charge is 0.454 e. The molecule has 0 aromatic heterocycles. The van der Waals surface area contributed by atoms with Crippen molar-refractivity contribution in [2.24, 2.45) is 0 Å². The fraction of sp³-hybridized carbons (Fsp3) is 0. The summed E-state index contributed by atoms with van der Waals surface area (Å²) in [7, 11) is 0. The summed E-state index contributed by atoms with van der Waals surface area (Å²) in [4.78, 5) is 0. The topological polar surface area (TPSA) is 56.9 Å². The number of rotatable bonds is 1. The molecule has 0 fully saturated rings. The molecule has 2 aromatic rings. The van der Waals surface area contributed by atoms with Crippen LogP contribution in [0.25, 0.3) is 6.08 Å². The molecule has 0 unspecified atom stereocenters. The van der Waals surface area contributed by atoms with Crippen molar-refractivity contribution in [3.8, 4) is 11.8 Å². The molecule has 2 aromatic carbocycles. The average molecular weight is 246 g/mol. The molecular weight excluding hydrogens is 236 g/mol. The second-order valence-electron chi connectivity index (χ2n) is 4.22. The third-order valence-corrected chi connectivity index (χ3v) is 2.96. The molecule has 19 heavy (non-hydrogen) atoms. The summed E-state index contributed by atoms with van der Waals surface area (Å²) >= 11 is 0. The van der Waals surface area contributed by atoms with Crippen LogP contribution in [-0.2, 0) is 0 Å². The minimum atomic E-state index is 0.389. The molecule has 0 atom stereocenters. The normalized spacial score (nSPS) is 14.9. The van der Waals surface area contributed by atoms with Crippen molar-refractivity contribution in [1.82, 2.24) is 0 Å². The molecule has 0 aliphatic carbocycles. The zero-order chi connectivity index (χ0) is 13.2. The van der Waals surface area contributed by atoms with Gasteiger partial charge < -0.3 is 4.74 Å². The van der Waals surface area contributed by atoms with E-state index in [1.54, 1.807) is 12.1 Å². The molecule has 1 N–H and O–H groups in total. The van der Waals surface area contributed by atoms with E-state index in [4.69, 9.17) is 15.4 Å². The Morgan fingerprint density at radius 2 is 1.79 bits per heavy atom. The van der Waals surface area contributed by atoms with E-state index >= 15 is 0 Å². The predicted octanol–water partition coefficient (Wildman–Crippen LogP) is 3.36. The van der Waals surface area contributed by atoms with Gasteiger partial charge in [0.15, 0.2) is 5.76 Å². The Kier molecular flexibility index (Phi) is 2.62. The third kappa shape index (κ3) is 2.00. The average Bonchev–Trinajstić information content (AvgIpc) is 2.77. The number of nitrogens with zero attached hydrogens (tertiary/aromatic N) is 1. The second kappa shape index (κ2) is 4.43. The Bertz CT molecular complexity index is 721. The number of benzene rings is 2. The maximum Gasteiger partial charge on any atom is 0.153 e. The lowest BCUT2D eigenvalue weighted by Gasteiger charge is -1.99. The van der Waals surface area contributed by atoms with E-state index in [-0.39, 0.29) is 0 Å². The number of ether oxygens (including phenoxy) is 1. The fourth-order valence-electron chi connectivity index (χ4n) is 1.97. The fourth-order valence-corrected chi connectivity index (χ4v) is 1.97. The molecule has 1 aliphatic heterocycles. The predicted molar refractivity (Wildman–Crippen MR) is 73.0 cm³/mol. The van der Waals surface area contributed by atoms with Crippen molar-refractivity contribution < 1.29 is 4.74 Å². The van der Waals surface area contributed by atoms with Crippen LogP contribution in [-0.4, -0.2) is 5.71 Å². The van der Waals surface area contributed by atoms with E-state index < -0.39 is 0 Å². The summed E-state index contributed by atoms with van der Waals surface area (Å²) in [5.74, 6) is 1.25. The maximum absolute atomic E-state index is 8.75. The van der Waals surface area contributed by atoms with Gasteiger partial charge in [-0.05, 0) is 35.9 Å². The maximum atomic E-state index is 8.75. The van der Waals surface area contributed by atoms with Crippen LogP contribution in [0.1, 0.15) is 16.7 Å². The van der Waals surface area contributed by atoms with E-state index in [0.29, 0.717) is 22.8 Å². The molecule has 1 heterocycles. The van der Waals surface area contributed by atoms with Crippen molar-refractivity contribution in [3.05, 3.63) is 71.0 Å². The van der Waals surface area contributed by atoms with E-state index in [9.17, 15) is 0 Å². The van der Waals surface area contributed by atoms with Crippen LogP contribution in [0.2, 0.25) is 0 Å². The Morgan fingerprint density at radius 3 is 2.47 bits per heavy atom. The van der Waals surface area contributed by atoms with Crippen molar-refractivity contribution in [2.75, 3.05) is 0 Å². The number of allylic oxidation sites excluding steroid dienone is 1. The number of fused-ring (bicyclic) bond motifs is 1. The van der Waals surface area contributed by atoms with Gasteiger partial charge in [-0.1, -0.05) is 24.3 Å². The van der Waals surface area contributed by atoms with Crippen LogP contribution < -0.4 is 4.74 Å². The van der Waals surface area contributed by atoms with Crippen LogP contribution in [0.3, 0.4) is 0 Å². The van der Waals surface area contributed by atoms with Gasteiger partial charge in [0.05, 0.1) is 11.6 Å². The Morgan fingerprint density at radius 1 is 1.05 bits per heavy atom. The first-order valence-electron chi connectivity index (χ1n) is 5.86. The minimum absolute atomic E-state index is 0.389. The van der Waals surface area contributed by atoms with Gasteiger partial charge in [-0.3, -0.25) is 5.41 Å². The molecule has 3 heteroatoms. The number of nitriles is 1. The van der Waals surface area contributed by atoms with Crippen LogP contribution in [0.4, 0.5) is 0 Å². The molecule has 90 valence electrons. The highest BCUT2D eigenvalue weighted by molar-refractivity contribution is 6.16. The smallest absolute Gasteiger partial charge is 0.153 e. The summed E-state index contributed by atoms with van der Waals surface area (Å²) < 4.78 is 5.65. The van der Waals surface area contributed by atoms with E-state index in [0.717, 1.165) is 11.1 Å². The van der Waals surface area contributed by atoms with Gasteiger partial charge in [-0.2, -0.15) is 5.26 Å².